The number of rotatable bonds is 5. The van der Waals surface area contributed by atoms with E-state index in [1.807, 2.05) is 6.92 Å². The average Bonchev–Trinajstić information content (AvgIpc) is 1.98. The van der Waals surface area contributed by atoms with Crippen LogP contribution in [0.3, 0.4) is 0 Å². The van der Waals surface area contributed by atoms with Crippen molar-refractivity contribution in [3.05, 3.63) is 0 Å². The van der Waals surface area contributed by atoms with Crippen LogP contribution in [0.2, 0.25) is 0 Å². The molecule has 0 aliphatic carbocycles. The summed E-state index contributed by atoms with van der Waals surface area (Å²) in [5.41, 5.74) is 0. The van der Waals surface area contributed by atoms with Crippen molar-refractivity contribution in [2.75, 3.05) is 0 Å². The third-order valence-electron chi connectivity index (χ3n) is 1.67. The second kappa shape index (κ2) is 5.99. The van der Waals surface area contributed by atoms with Crippen LogP contribution in [-0.4, -0.2) is 16.6 Å². The number of aliphatic hydroxyl groups is 1. The molecule has 0 bridgehead atoms. The molecule has 10 heavy (non-hydrogen) atoms. The molecule has 62 valence electrons. The normalized spacial score (nSPS) is 16.8. The standard InChI is InChI=1S/C8H17ClO/c1-3-5-6-7(9)8(10)4-2/h7-8,10H,3-6H2,1-2H3/t7-,8-/m1/s1. The third kappa shape index (κ3) is 4.13. The highest BCUT2D eigenvalue weighted by Crippen LogP contribution is 2.13. The molecule has 0 saturated heterocycles. The minimum atomic E-state index is -0.312. The minimum Gasteiger partial charge on any atom is -0.392 e. The topological polar surface area (TPSA) is 20.2 Å². The molecule has 1 N–H and O–H groups in total. The van der Waals surface area contributed by atoms with Crippen LogP contribution in [0.1, 0.15) is 39.5 Å². The van der Waals surface area contributed by atoms with Crippen LogP contribution >= 0.6 is 11.6 Å². The molecule has 0 unspecified atom stereocenters. The highest BCUT2D eigenvalue weighted by molar-refractivity contribution is 6.21. The third-order valence-corrected chi connectivity index (χ3v) is 2.18. The highest BCUT2D eigenvalue weighted by atomic mass is 35.5. The second-order valence-electron chi connectivity index (χ2n) is 2.63. The summed E-state index contributed by atoms with van der Waals surface area (Å²) < 4.78 is 0. The Labute approximate surface area is 68.4 Å². The van der Waals surface area contributed by atoms with Gasteiger partial charge in [0, 0.05) is 0 Å². The van der Waals surface area contributed by atoms with Crippen molar-refractivity contribution in [3.8, 4) is 0 Å². The first-order valence-electron chi connectivity index (χ1n) is 4.04. The van der Waals surface area contributed by atoms with Gasteiger partial charge in [0.2, 0.25) is 0 Å². The van der Waals surface area contributed by atoms with E-state index >= 15 is 0 Å². The molecule has 2 heteroatoms. The maximum absolute atomic E-state index is 9.22. The number of unbranched alkanes of at least 4 members (excludes halogenated alkanes) is 1. The summed E-state index contributed by atoms with van der Waals surface area (Å²) >= 11 is 5.86. The molecule has 0 aliphatic rings. The van der Waals surface area contributed by atoms with Gasteiger partial charge in [0.1, 0.15) is 0 Å². The molecule has 0 aromatic carbocycles. The van der Waals surface area contributed by atoms with Crippen LogP contribution < -0.4 is 0 Å². The lowest BCUT2D eigenvalue weighted by Crippen LogP contribution is -2.19. The summed E-state index contributed by atoms with van der Waals surface area (Å²) in [6, 6.07) is 0. The molecule has 0 rings (SSSR count). The molecule has 0 aromatic heterocycles. The Kier molecular flexibility index (Phi) is 6.14. The Hall–Kier alpha value is 0.250. The predicted molar refractivity (Wildman–Crippen MR) is 45.5 cm³/mol. The molecule has 0 saturated carbocycles. The zero-order chi connectivity index (χ0) is 7.98. The SMILES string of the molecule is CCCC[C@@H](Cl)[C@H](O)CC. The van der Waals surface area contributed by atoms with E-state index in [0.29, 0.717) is 0 Å². The van der Waals surface area contributed by atoms with E-state index in [4.69, 9.17) is 11.6 Å². The lowest BCUT2D eigenvalue weighted by Gasteiger charge is -2.13. The first-order chi connectivity index (χ1) is 4.72. The van der Waals surface area contributed by atoms with Gasteiger partial charge in [-0.05, 0) is 12.8 Å². The summed E-state index contributed by atoms with van der Waals surface area (Å²) in [5.74, 6) is 0. The molecule has 0 radical (unpaired) electrons. The van der Waals surface area contributed by atoms with Gasteiger partial charge in [-0.3, -0.25) is 0 Å². The lowest BCUT2D eigenvalue weighted by molar-refractivity contribution is 0.160. The van der Waals surface area contributed by atoms with Crippen molar-refractivity contribution >= 4 is 11.6 Å². The molecule has 0 amide bonds. The second-order valence-corrected chi connectivity index (χ2v) is 3.19. The van der Waals surface area contributed by atoms with Crippen LogP contribution in [0, 0.1) is 0 Å². The Morgan fingerprint density at radius 2 is 2.00 bits per heavy atom. The zero-order valence-corrected chi connectivity index (χ0v) is 7.56. The van der Waals surface area contributed by atoms with Crippen LogP contribution in [0.5, 0.6) is 0 Å². The zero-order valence-electron chi connectivity index (χ0n) is 6.81. The Morgan fingerprint density at radius 1 is 1.40 bits per heavy atom. The van der Waals surface area contributed by atoms with Crippen molar-refractivity contribution in [2.24, 2.45) is 0 Å². The van der Waals surface area contributed by atoms with E-state index in [1.54, 1.807) is 0 Å². The maximum Gasteiger partial charge on any atom is 0.0701 e. The number of halogens is 1. The van der Waals surface area contributed by atoms with Crippen molar-refractivity contribution in [1.82, 2.24) is 0 Å². The summed E-state index contributed by atoms with van der Waals surface area (Å²) in [5, 5.41) is 9.18. The fourth-order valence-corrected chi connectivity index (χ4v) is 1.18. The van der Waals surface area contributed by atoms with E-state index in [0.717, 1.165) is 25.7 Å². The molecule has 0 fully saturated rings. The summed E-state index contributed by atoms with van der Waals surface area (Å²) in [7, 11) is 0. The molecule has 2 atom stereocenters. The van der Waals surface area contributed by atoms with Crippen molar-refractivity contribution in [2.45, 2.75) is 51.0 Å². The van der Waals surface area contributed by atoms with Crippen molar-refractivity contribution in [3.63, 3.8) is 0 Å². The molecule has 0 spiro atoms. The van der Waals surface area contributed by atoms with E-state index < -0.39 is 0 Å². The van der Waals surface area contributed by atoms with Crippen LogP contribution in [0.15, 0.2) is 0 Å². The molecular weight excluding hydrogens is 148 g/mol. The van der Waals surface area contributed by atoms with E-state index in [9.17, 15) is 5.11 Å². The molecule has 1 nitrogen and oxygen atoms in total. The quantitative estimate of drug-likeness (QED) is 0.620. The largest absolute Gasteiger partial charge is 0.392 e. The van der Waals surface area contributed by atoms with Crippen molar-refractivity contribution in [1.29, 1.82) is 0 Å². The van der Waals surface area contributed by atoms with E-state index in [1.165, 1.54) is 0 Å². The predicted octanol–water partition coefficient (Wildman–Crippen LogP) is 2.55. The van der Waals surface area contributed by atoms with Gasteiger partial charge in [-0.25, -0.2) is 0 Å². The van der Waals surface area contributed by atoms with Gasteiger partial charge in [-0.15, -0.1) is 11.6 Å². The van der Waals surface area contributed by atoms with Gasteiger partial charge in [-0.1, -0.05) is 26.7 Å². The van der Waals surface area contributed by atoms with Gasteiger partial charge in [0.05, 0.1) is 11.5 Å². The van der Waals surface area contributed by atoms with Crippen LogP contribution in [0.4, 0.5) is 0 Å². The fraction of sp³-hybridized carbons (Fsp3) is 1.00. The first kappa shape index (κ1) is 10.2. The lowest BCUT2D eigenvalue weighted by atomic mass is 10.1. The number of hydrogen-bond donors (Lipinski definition) is 1. The summed E-state index contributed by atoms with van der Waals surface area (Å²) in [4.78, 5) is 0. The fourth-order valence-electron chi connectivity index (χ4n) is 0.847. The first-order valence-corrected chi connectivity index (χ1v) is 4.48. The van der Waals surface area contributed by atoms with E-state index in [-0.39, 0.29) is 11.5 Å². The smallest absolute Gasteiger partial charge is 0.0701 e. The number of aliphatic hydroxyl groups excluding tert-OH is 1. The molecule has 0 aliphatic heterocycles. The van der Waals surface area contributed by atoms with Crippen LogP contribution in [0.25, 0.3) is 0 Å². The number of hydrogen-bond acceptors (Lipinski definition) is 1. The number of alkyl halides is 1. The Bertz CT molecular complexity index is 75.7. The minimum absolute atomic E-state index is 0.0371. The molecular formula is C8H17ClO. The van der Waals surface area contributed by atoms with E-state index in [2.05, 4.69) is 6.92 Å². The van der Waals surface area contributed by atoms with Gasteiger partial charge >= 0.3 is 0 Å². The Morgan fingerprint density at radius 3 is 2.40 bits per heavy atom. The van der Waals surface area contributed by atoms with Gasteiger partial charge < -0.3 is 5.11 Å². The Balaban J connectivity index is 3.31. The van der Waals surface area contributed by atoms with Crippen molar-refractivity contribution < 1.29 is 5.11 Å². The monoisotopic (exact) mass is 164 g/mol. The summed E-state index contributed by atoms with van der Waals surface area (Å²) in [6.45, 7) is 4.08. The maximum atomic E-state index is 9.22. The highest BCUT2D eigenvalue weighted by Gasteiger charge is 2.12. The molecule has 0 heterocycles. The van der Waals surface area contributed by atoms with Gasteiger partial charge in [0.25, 0.3) is 0 Å². The summed E-state index contributed by atoms with van der Waals surface area (Å²) in [6.07, 6.45) is 3.66. The van der Waals surface area contributed by atoms with Crippen LogP contribution in [-0.2, 0) is 0 Å². The molecule has 0 aromatic rings. The van der Waals surface area contributed by atoms with Gasteiger partial charge in [0.15, 0.2) is 0 Å². The average molecular weight is 165 g/mol. The van der Waals surface area contributed by atoms with Gasteiger partial charge in [-0.2, -0.15) is 0 Å².